The number of para-hydroxylation sites is 1. The van der Waals surface area contributed by atoms with Gasteiger partial charge in [-0.15, -0.1) is 0 Å². The summed E-state index contributed by atoms with van der Waals surface area (Å²) in [5, 5.41) is 6.27. The molecule has 0 bridgehead atoms. The number of ether oxygens (including phenoxy) is 1. The zero-order valence-corrected chi connectivity index (χ0v) is 13.7. The van der Waals surface area contributed by atoms with Crippen LogP contribution in [0.2, 0.25) is 0 Å². The van der Waals surface area contributed by atoms with Crippen LogP contribution in [0.1, 0.15) is 22.8 Å². The van der Waals surface area contributed by atoms with Crippen molar-refractivity contribution in [3.63, 3.8) is 0 Å². The Morgan fingerprint density at radius 1 is 1.16 bits per heavy atom. The van der Waals surface area contributed by atoms with Gasteiger partial charge in [0, 0.05) is 11.1 Å². The maximum atomic E-state index is 12.8. The molecule has 130 valence electrons. The van der Waals surface area contributed by atoms with Crippen LogP contribution in [-0.4, -0.2) is 31.2 Å². The van der Waals surface area contributed by atoms with Crippen LogP contribution in [0.25, 0.3) is 0 Å². The van der Waals surface area contributed by atoms with Crippen LogP contribution >= 0.6 is 0 Å². The van der Waals surface area contributed by atoms with E-state index in [0.717, 1.165) is 5.56 Å². The van der Waals surface area contributed by atoms with Gasteiger partial charge in [-0.1, -0.05) is 12.1 Å². The molecule has 0 aliphatic rings. The molecular weight excluding hydrogens is 325 g/mol. The second-order valence-electron chi connectivity index (χ2n) is 4.95. The molecule has 2 aromatic carbocycles. The highest BCUT2D eigenvalue weighted by molar-refractivity contribution is 5.96. The zero-order chi connectivity index (χ0) is 18.1. The second-order valence-corrected chi connectivity index (χ2v) is 4.95. The fourth-order valence-corrected chi connectivity index (χ4v) is 1.95. The van der Waals surface area contributed by atoms with E-state index in [1.165, 1.54) is 30.5 Å². The fourth-order valence-electron chi connectivity index (χ4n) is 1.95. The van der Waals surface area contributed by atoms with Gasteiger partial charge in [0.1, 0.15) is 11.6 Å². The summed E-state index contributed by atoms with van der Waals surface area (Å²) in [5.41, 5.74) is 3.31. The molecule has 0 unspecified atom stereocenters. The minimum atomic E-state index is -0.486. The summed E-state index contributed by atoms with van der Waals surface area (Å²) in [6, 6.07) is 12.3. The summed E-state index contributed by atoms with van der Waals surface area (Å²) >= 11 is 0. The first-order valence-electron chi connectivity index (χ1n) is 7.67. The number of nitrogens with zero attached hydrogens (tertiary/aromatic N) is 1. The molecule has 0 spiro atoms. The third-order valence-electron chi connectivity index (χ3n) is 3.13. The van der Waals surface area contributed by atoms with Crippen LogP contribution in [-0.2, 0) is 4.79 Å². The van der Waals surface area contributed by atoms with E-state index in [2.05, 4.69) is 15.8 Å². The Labute approximate surface area is 144 Å². The Morgan fingerprint density at radius 2 is 1.88 bits per heavy atom. The summed E-state index contributed by atoms with van der Waals surface area (Å²) in [4.78, 5) is 23.5. The Morgan fingerprint density at radius 3 is 2.60 bits per heavy atom. The number of carbonyl (C=O) groups excluding carboxylic acids is 2. The van der Waals surface area contributed by atoms with Crippen LogP contribution in [0.3, 0.4) is 0 Å². The molecule has 2 aromatic rings. The Balaban J connectivity index is 1.82. The Bertz CT molecular complexity index is 760. The molecule has 0 aliphatic carbocycles. The number of hydrogen-bond acceptors (Lipinski definition) is 4. The van der Waals surface area contributed by atoms with Gasteiger partial charge in [0.2, 0.25) is 0 Å². The van der Waals surface area contributed by atoms with Gasteiger partial charge in [0.25, 0.3) is 11.8 Å². The highest BCUT2D eigenvalue weighted by atomic mass is 19.1. The van der Waals surface area contributed by atoms with Gasteiger partial charge in [-0.3, -0.25) is 9.59 Å². The van der Waals surface area contributed by atoms with Crippen molar-refractivity contribution in [2.75, 3.05) is 13.2 Å². The predicted octanol–water partition coefficient (Wildman–Crippen LogP) is 2.10. The molecule has 6 nitrogen and oxygen atoms in total. The van der Waals surface area contributed by atoms with Crippen molar-refractivity contribution in [3.05, 3.63) is 65.5 Å². The van der Waals surface area contributed by atoms with Crippen molar-refractivity contribution in [3.8, 4) is 5.75 Å². The fraction of sp³-hybridized carbons (Fsp3) is 0.167. The quantitative estimate of drug-likeness (QED) is 0.597. The van der Waals surface area contributed by atoms with Gasteiger partial charge in [-0.25, -0.2) is 9.82 Å². The average molecular weight is 343 g/mol. The van der Waals surface area contributed by atoms with Crippen molar-refractivity contribution >= 4 is 18.0 Å². The van der Waals surface area contributed by atoms with Crippen molar-refractivity contribution in [1.29, 1.82) is 0 Å². The second kappa shape index (κ2) is 9.17. The van der Waals surface area contributed by atoms with Crippen LogP contribution in [0.4, 0.5) is 4.39 Å². The van der Waals surface area contributed by atoms with Gasteiger partial charge < -0.3 is 10.1 Å². The van der Waals surface area contributed by atoms with Crippen LogP contribution in [0.15, 0.2) is 53.6 Å². The summed E-state index contributed by atoms with van der Waals surface area (Å²) in [5.74, 6) is -0.731. The van der Waals surface area contributed by atoms with E-state index in [-0.39, 0.29) is 12.1 Å². The van der Waals surface area contributed by atoms with Gasteiger partial charge in [0.05, 0.1) is 19.4 Å². The number of halogens is 1. The van der Waals surface area contributed by atoms with Gasteiger partial charge in [-0.05, 0) is 43.3 Å². The number of rotatable bonds is 7. The molecule has 25 heavy (non-hydrogen) atoms. The lowest BCUT2D eigenvalue weighted by Gasteiger charge is -2.06. The summed E-state index contributed by atoms with van der Waals surface area (Å²) in [6.45, 7) is 2.15. The summed E-state index contributed by atoms with van der Waals surface area (Å²) < 4.78 is 18.2. The molecule has 2 N–H and O–H groups in total. The molecule has 0 heterocycles. The van der Waals surface area contributed by atoms with Crippen molar-refractivity contribution < 1.29 is 18.7 Å². The minimum Gasteiger partial charge on any atom is -0.493 e. The average Bonchev–Trinajstić information content (AvgIpc) is 2.62. The maximum Gasteiger partial charge on any atom is 0.259 e. The summed E-state index contributed by atoms with van der Waals surface area (Å²) in [6.07, 6.45) is 1.46. The molecular formula is C18H18FN3O3. The lowest BCUT2D eigenvalue weighted by atomic mass is 10.2. The SMILES string of the molecule is CCOc1ccccc1/C=N\NC(=O)CNC(=O)c1ccc(F)cc1. The van der Waals surface area contributed by atoms with Crippen molar-refractivity contribution in [2.45, 2.75) is 6.92 Å². The van der Waals surface area contributed by atoms with Crippen LogP contribution < -0.4 is 15.5 Å². The lowest BCUT2D eigenvalue weighted by molar-refractivity contribution is -0.120. The van der Waals surface area contributed by atoms with Gasteiger partial charge in [0.15, 0.2) is 0 Å². The molecule has 7 heteroatoms. The molecule has 0 radical (unpaired) electrons. The number of hydrogen-bond donors (Lipinski definition) is 2. The highest BCUT2D eigenvalue weighted by Crippen LogP contribution is 2.15. The number of amides is 2. The third kappa shape index (κ3) is 5.72. The molecule has 2 amide bonds. The van der Waals surface area contributed by atoms with Gasteiger partial charge in [-0.2, -0.15) is 5.10 Å². The highest BCUT2D eigenvalue weighted by Gasteiger charge is 2.07. The zero-order valence-electron chi connectivity index (χ0n) is 13.7. The molecule has 0 saturated carbocycles. The van der Waals surface area contributed by atoms with E-state index < -0.39 is 17.6 Å². The summed E-state index contributed by atoms with van der Waals surface area (Å²) in [7, 11) is 0. The molecule has 0 aromatic heterocycles. The number of carbonyl (C=O) groups is 2. The minimum absolute atomic E-state index is 0.249. The number of hydrazone groups is 1. The smallest absolute Gasteiger partial charge is 0.259 e. The molecule has 0 aliphatic heterocycles. The van der Waals surface area contributed by atoms with E-state index in [0.29, 0.717) is 12.4 Å². The van der Waals surface area contributed by atoms with Crippen LogP contribution in [0, 0.1) is 5.82 Å². The van der Waals surface area contributed by atoms with E-state index in [9.17, 15) is 14.0 Å². The normalized spacial score (nSPS) is 10.5. The number of nitrogens with one attached hydrogen (secondary N) is 2. The predicted molar refractivity (Wildman–Crippen MR) is 92.1 cm³/mol. The Hall–Kier alpha value is -3.22. The largest absolute Gasteiger partial charge is 0.493 e. The first kappa shape index (κ1) is 18.1. The molecule has 0 fully saturated rings. The molecule has 2 rings (SSSR count). The van der Waals surface area contributed by atoms with Gasteiger partial charge >= 0.3 is 0 Å². The van der Waals surface area contributed by atoms with E-state index >= 15 is 0 Å². The first-order valence-corrected chi connectivity index (χ1v) is 7.67. The molecule has 0 saturated heterocycles. The lowest BCUT2D eigenvalue weighted by Crippen LogP contribution is -2.34. The standard InChI is InChI=1S/C18H18FN3O3/c1-2-25-16-6-4-3-5-14(16)11-21-22-17(23)12-20-18(24)13-7-9-15(19)10-8-13/h3-11H,2,12H2,1H3,(H,20,24)(H,22,23)/b21-11-. The monoisotopic (exact) mass is 343 g/mol. The van der Waals surface area contributed by atoms with Crippen molar-refractivity contribution in [1.82, 2.24) is 10.7 Å². The maximum absolute atomic E-state index is 12.8. The molecule has 0 atom stereocenters. The van der Waals surface area contributed by atoms with E-state index in [1.807, 2.05) is 19.1 Å². The van der Waals surface area contributed by atoms with E-state index in [4.69, 9.17) is 4.74 Å². The topological polar surface area (TPSA) is 79.8 Å². The van der Waals surface area contributed by atoms with Crippen molar-refractivity contribution in [2.24, 2.45) is 5.10 Å². The number of benzene rings is 2. The third-order valence-corrected chi connectivity index (χ3v) is 3.13. The van der Waals surface area contributed by atoms with Crippen LogP contribution in [0.5, 0.6) is 5.75 Å². The Kier molecular flexibility index (Phi) is 6.65. The van der Waals surface area contributed by atoms with E-state index in [1.54, 1.807) is 12.1 Å². The first-order chi connectivity index (χ1) is 12.1.